The minimum atomic E-state index is 0.600. The summed E-state index contributed by atoms with van der Waals surface area (Å²) in [5.74, 6) is 1.85. The second-order valence-electron chi connectivity index (χ2n) is 14.2. The van der Waals surface area contributed by atoms with Crippen molar-refractivity contribution in [3.8, 4) is 55.9 Å². The Labute approximate surface area is 347 Å². The lowest BCUT2D eigenvalue weighted by Crippen LogP contribution is -2.00. The number of para-hydroxylation sites is 1. The van der Waals surface area contributed by atoms with E-state index in [4.69, 9.17) is 19.9 Å². The molecule has 0 fully saturated rings. The van der Waals surface area contributed by atoms with E-state index < -0.39 is 0 Å². The van der Waals surface area contributed by atoms with E-state index in [2.05, 4.69) is 152 Å². The van der Waals surface area contributed by atoms with Crippen LogP contribution in [-0.4, -0.2) is 19.9 Å². The first-order valence-corrected chi connectivity index (χ1v) is 20.4. The quantitative estimate of drug-likeness (QED) is 0.137. The van der Waals surface area contributed by atoms with Gasteiger partial charge in [-0.25, -0.2) is 19.9 Å². The average molecular weight is 773 g/mol. The number of hydrogen-bond donors (Lipinski definition) is 0. The summed E-state index contributed by atoms with van der Waals surface area (Å²) in [7, 11) is 0. The summed E-state index contributed by atoms with van der Waals surface area (Å²) in [5.41, 5.74) is 13.8. The average Bonchev–Trinajstić information content (AvgIpc) is 3.77. The smallest absolute Gasteiger partial charge is 0.164 e. The number of benzene rings is 8. The van der Waals surface area contributed by atoms with Crippen molar-refractivity contribution in [1.82, 2.24) is 19.9 Å². The predicted molar refractivity (Wildman–Crippen MR) is 245 cm³/mol. The fourth-order valence-electron chi connectivity index (χ4n) is 7.53. The third-order valence-corrected chi connectivity index (χ3v) is 11.5. The summed E-state index contributed by atoms with van der Waals surface area (Å²) in [4.78, 5) is 20.3. The van der Waals surface area contributed by atoms with Crippen LogP contribution >= 0.6 is 11.3 Å². The lowest BCUT2D eigenvalue weighted by molar-refractivity contribution is 1.07. The number of thiazole rings is 1. The third kappa shape index (κ3) is 7.51. The van der Waals surface area contributed by atoms with Gasteiger partial charge in [-0.3, -0.25) is 0 Å². The van der Waals surface area contributed by atoms with Crippen molar-refractivity contribution in [1.29, 1.82) is 0 Å². The molecule has 0 N–H and O–H groups in total. The van der Waals surface area contributed by atoms with Crippen LogP contribution in [0.2, 0.25) is 0 Å². The molecule has 0 saturated heterocycles. The predicted octanol–water partition coefficient (Wildman–Crippen LogP) is 13.8. The zero-order valence-electron chi connectivity index (χ0n) is 32.0. The minimum absolute atomic E-state index is 0.600. The Kier molecular flexibility index (Phi) is 9.77. The van der Waals surface area contributed by atoms with Gasteiger partial charge in [-0.05, 0) is 74.9 Å². The topological polar surface area (TPSA) is 51.6 Å². The van der Waals surface area contributed by atoms with Gasteiger partial charge in [0.15, 0.2) is 17.5 Å². The van der Waals surface area contributed by atoms with E-state index in [9.17, 15) is 0 Å². The molecular formula is C54H36N4S. The molecule has 0 aliphatic rings. The second kappa shape index (κ2) is 16.1. The molecule has 5 heteroatoms. The molecule has 10 rings (SSSR count). The highest BCUT2D eigenvalue weighted by Crippen LogP contribution is 2.40. The highest BCUT2D eigenvalue weighted by molar-refractivity contribution is 7.21. The number of rotatable bonds is 9. The van der Waals surface area contributed by atoms with Gasteiger partial charge in [-0.1, -0.05) is 188 Å². The number of aromatic nitrogens is 4. The monoisotopic (exact) mass is 772 g/mol. The SMILES string of the molecule is c1ccc(C(=C(c2ccccc2)c2ccc(-c3cc(-c4nc(-c5ccccc5)nc(-c5ccccc5)n4)cc(-c4nc5ccccc5s4)c3)cc2)c2ccccc2)cc1. The van der Waals surface area contributed by atoms with Gasteiger partial charge in [0.25, 0.3) is 0 Å². The van der Waals surface area contributed by atoms with Crippen LogP contribution < -0.4 is 0 Å². The van der Waals surface area contributed by atoms with Gasteiger partial charge in [-0.2, -0.15) is 0 Å². The van der Waals surface area contributed by atoms with Crippen LogP contribution in [0.1, 0.15) is 22.3 Å². The Balaban J connectivity index is 1.16. The number of hydrogen-bond acceptors (Lipinski definition) is 5. The summed E-state index contributed by atoms with van der Waals surface area (Å²) in [6.45, 7) is 0. The highest BCUT2D eigenvalue weighted by atomic mass is 32.1. The van der Waals surface area contributed by atoms with E-state index in [0.29, 0.717) is 17.5 Å². The Bertz CT molecular complexity index is 2920. The summed E-state index contributed by atoms with van der Waals surface area (Å²) in [5, 5.41) is 0.941. The molecule has 0 aliphatic heterocycles. The normalized spacial score (nSPS) is 11.1. The van der Waals surface area contributed by atoms with Crippen molar-refractivity contribution in [3.05, 3.63) is 241 Å². The van der Waals surface area contributed by atoms with Crippen LogP contribution in [0.3, 0.4) is 0 Å². The largest absolute Gasteiger partial charge is 0.236 e. The molecule has 0 unspecified atom stereocenters. The maximum atomic E-state index is 5.11. The summed E-state index contributed by atoms with van der Waals surface area (Å²) in [6.07, 6.45) is 0. The third-order valence-electron chi connectivity index (χ3n) is 10.4. The molecule has 0 amide bonds. The Morgan fingerprint density at radius 1 is 0.288 bits per heavy atom. The molecule has 0 aliphatic carbocycles. The second-order valence-corrected chi connectivity index (χ2v) is 15.3. The summed E-state index contributed by atoms with van der Waals surface area (Å²) in [6, 6.07) is 76.1. The van der Waals surface area contributed by atoms with Gasteiger partial charge in [0.1, 0.15) is 5.01 Å². The van der Waals surface area contributed by atoms with Crippen molar-refractivity contribution >= 4 is 32.7 Å². The van der Waals surface area contributed by atoms with Crippen molar-refractivity contribution in [2.75, 3.05) is 0 Å². The fraction of sp³-hybridized carbons (Fsp3) is 0. The first-order chi connectivity index (χ1) is 29.2. The van der Waals surface area contributed by atoms with Gasteiger partial charge in [-0.15, -0.1) is 11.3 Å². The van der Waals surface area contributed by atoms with E-state index in [1.165, 1.54) is 11.1 Å². The lowest BCUT2D eigenvalue weighted by Gasteiger charge is -2.18. The zero-order chi connectivity index (χ0) is 39.4. The molecule has 59 heavy (non-hydrogen) atoms. The molecule has 8 aromatic carbocycles. The van der Waals surface area contributed by atoms with E-state index >= 15 is 0 Å². The Hall–Kier alpha value is -7.60. The number of nitrogens with zero attached hydrogens (tertiary/aromatic N) is 4. The van der Waals surface area contributed by atoms with Crippen molar-refractivity contribution in [2.45, 2.75) is 0 Å². The standard InChI is InChI=1S/C54H36N4S/c1-6-18-38(19-7-1)49(39-20-8-2-9-21-39)50(40-22-10-3-11-23-40)41-32-30-37(31-33-41)44-34-45(36-46(35-44)54-55-47-28-16-17-29-48(47)59-54)53-57-51(42-24-12-4-13-25-42)56-52(58-53)43-26-14-5-15-27-43/h1-36H. The molecule has 0 radical (unpaired) electrons. The van der Waals surface area contributed by atoms with Gasteiger partial charge < -0.3 is 0 Å². The van der Waals surface area contributed by atoms with Crippen LogP contribution in [0.4, 0.5) is 0 Å². The van der Waals surface area contributed by atoms with Gasteiger partial charge >= 0.3 is 0 Å². The van der Waals surface area contributed by atoms with E-state index in [1.54, 1.807) is 11.3 Å². The van der Waals surface area contributed by atoms with Gasteiger partial charge in [0, 0.05) is 22.3 Å². The van der Waals surface area contributed by atoms with E-state index in [0.717, 1.165) is 70.9 Å². The lowest BCUT2D eigenvalue weighted by atomic mass is 9.85. The van der Waals surface area contributed by atoms with E-state index in [1.807, 2.05) is 66.7 Å². The summed E-state index contributed by atoms with van der Waals surface area (Å²) >= 11 is 1.69. The van der Waals surface area contributed by atoms with Crippen molar-refractivity contribution in [2.24, 2.45) is 0 Å². The van der Waals surface area contributed by atoms with Crippen LogP contribution in [0.15, 0.2) is 218 Å². The molecule has 4 nitrogen and oxygen atoms in total. The molecule has 10 aromatic rings. The molecule has 0 spiro atoms. The number of fused-ring (bicyclic) bond motifs is 1. The minimum Gasteiger partial charge on any atom is -0.236 e. The van der Waals surface area contributed by atoms with Crippen LogP contribution in [0, 0.1) is 0 Å². The zero-order valence-corrected chi connectivity index (χ0v) is 32.8. The van der Waals surface area contributed by atoms with E-state index in [-0.39, 0.29) is 0 Å². The molecule has 0 bridgehead atoms. The Morgan fingerprint density at radius 3 is 1.17 bits per heavy atom. The maximum absolute atomic E-state index is 5.11. The van der Waals surface area contributed by atoms with Crippen LogP contribution in [-0.2, 0) is 0 Å². The summed E-state index contributed by atoms with van der Waals surface area (Å²) < 4.78 is 1.14. The molecule has 2 aromatic heterocycles. The van der Waals surface area contributed by atoms with Crippen molar-refractivity contribution in [3.63, 3.8) is 0 Å². The molecule has 0 atom stereocenters. The first kappa shape index (κ1) is 35.8. The Morgan fingerprint density at radius 2 is 0.678 bits per heavy atom. The maximum Gasteiger partial charge on any atom is 0.164 e. The fourth-order valence-corrected chi connectivity index (χ4v) is 8.49. The molecule has 2 heterocycles. The van der Waals surface area contributed by atoms with Crippen LogP contribution in [0.25, 0.3) is 77.2 Å². The first-order valence-electron chi connectivity index (χ1n) is 19.6. The molecular weight excluding hydrogens is 737 g/mol. The van der Waals surface area contributed by atoms with Gasteiger partial charge in [0.05, 0.1) is 10.2 Å². The van der Waals surface area contributed by atoms with Crippen LogP contribution in [0.5, 0.6) is 0 Å². The van der Waals surface area contributed by atoms with Gasteiger partial charge in [0.2, 0.25) is 0 Å². The van der Waals surface area contributed by atoms with Crippen molar-refractivity contribution < 1.29 is 0 Å². The molecule has 278 valence electrons. The highest BCUT2D eigenvalue weighted by Gasteiger charge is 2.19. The molecule has 0 saturated carbocycles.